The van der Waals surface area contributed by atoms with Crippen molar-refractivity contribution in [3.63, 3.8) is 0 Å². The molecule has 1 aromatic carbocycles. The van der Waals surface area contributed by atoms with Gasteiger partial charge in [-0.15, -0.1) is 0 Å². The maximum atomic E-state index is 13.1. The van der Waals surface area contributed by atoms with E-state index in [4.69, 9.17) is 11.5 Å². The highest BCUT2D eigenvalue weighted by Crippen LogP contribution is 2.38. The molecule has 1 aliphatic rings. The molecule has 3 rings (SSSR count). The van der Waals surface area contributed by atoms with E-state index < -0.39 is 11.7 Å². The molecule has 2 heterocycles. The molecule has 30 heavy (non-hydrogen) atoms. The summed E-state index contributed by atoms with van der Waals surface area (Å²) in [6, 6.07) is 4.11. The van der Waals surface area contributed by atoms with Crippen molar-refractivity contribution < 1.29 is 13.2 Å². The lowest BCUT2D eigenvalue weighted by molar-refractivity contribution is -0.137. The maximum absolute atomic E-state index is 13.1. The van der Waals surface area contributed by atoms with E-state index in [9.17, 15) is 13.2 Å². The smallest absolute Gasteiger partial charge is 0.398 e. The van der Waals surface area contributed by atoms with Crippen LogP contribution in [-0.4, -0.2) is 35.6 Å². The molecule has 0 bridgehead atoms. The lowest BCUT2D eigenvalue weighted by Crippen LogP contribution is -2.46. The second kappa shape index (κ2) is 9.07. The number of likely N-dealkylation sites (N-methyl/N-ethyl adjacent to an activating group) is 1. The number of hydrogen-bond donors (Lipinski definition) is 3. The molecule has 0 spiro atoms. The van der Waals surface area contributed by atoms with E-state index in [1.54, 1.807) is 0 Å². The molecule has 1 atom stereocenters. The van der Waals surface area contributed by atoms with Crippen molar-refractivity contribution in [1.82, 2.24) is 15.3 Å². The predicted octanol–water partition coefficient (Wildman–Crippen LogP) is 3.86. The number of nitrogens with two attached hydrogens (primary N) is 2. The summed E-state index contributed by atoms with van der Waals surface area (Å²) in [6.07, 6.45) is -0.777. The van der Waals surface area contributed by atoms with Crippen LogP contribution in [0.4, 0.5) is 30.4 Å². The van der Waals surface area contributed by atoms with Crippen LogP contribution in [0.15, 0.2) is 18.2 Å². The van der Waals surface area contributed by atoms with Crippen molar-refractivity contribution in [2.45, 2.75) is 51.7 Å². The third-order valence-corrected chi connectivity index (χ3v) is 5.26. The highest BCUT2D eigenvalue weighted by molar-refractivity contribution is 5.84. The summed E-state index contributed by atoms with van der Waals surface area (Å²) in [5.74, 6) is 1.02. The molecular weight excluding hydrogens is 393 g/mol. The Morgan fingerprint density at radius 2 is 1.83 bits per heavy atom. The van der Waals surface area contributed by atoms with Gasteiger partial charge >= 0.3 is 6.18 Å². The Labute approximate surface area is 174 Å². The van der Waals surface area contributed by atoms with E-state index in [-0.39, 0.29) is 22.8 Å². The fourth-order valence-corrected chi connectivity index (χ4v) is 3.89. The molecule has 0 aliphatic carbocycles. The van der Waals surface area contributed by atoms with Gasteiger partial charge < -0.3 is 21.7 Å². The Bertz CT molecular complexity index is 859. The summed E-state index contributed by atoms with van der Waals surface area (Å²) in [4.78, 5) is 11.4. The molecule has 5 N–H and O–H groups in total. The van der Waals surface area contributed by atoms with Crippen molar-refractivity contribution in [2.24, 2.45) is 0 Å². The fourth-order valence-electron chi connectivity index (χ4n) is 3.89. The molecule has 0 amide bonds. The van der Waals surface area contributed by atoms with Crippen LogP contribution in [0.3, 0.4) is 0 Å². The summed E-state index contributed by atoms with van der Waals surface area (Å²) in [7, 11) is 0. The van der Waals surface area contributed by atoms with Gasteiger partial charge in [-0.2, -0.15) is 13.2 Å². The lowest BCUT2D eigenvalue weighted by atomic mass is 10.0. The molecule has 9 heteroatoms. The van der Waals surface area contributed by atoms with Crippen molar-refractivity contribution >= 4 is 17.2 Å². The van der Waals surface area contributed by atoms with E-state index in [1.807, 2.05) is 13.0 Å². The van der Waals surface area contributed by atoms with Crippen molar-refractivity contribution in [2.75, 3.05) is 36.0 Å². The molecule has 0 radical (unpaired) electrons. The minimum Gasteiger partial charge on any atom is -0.398 e. The topological polar surface area (TPSA) is 93.1 Å². The minimum absolute atomic E-state index is 0.0777. The number of nitrogens with one attached hydrogen (secondary N) is 1. The molecule has 6 nitrogen and oxygen atoms in total. The zero-order valence-corrected chi connectivity index (χ0v) is 17.4. The fraction of sp³-hybridized carbons (Fsp3) is 0.524. The Kier molecular flexibility index (Phi) is 6.70. The van der Waals surface area contributed by atoms with Gasteiger partial charge in [0.1, 0.15) is 5.82 Å². The number of hydrogen-bond acceptors (Lipinski definition) is 6. The Morgan fingerprint density at radius 1 is 1.13 bits per heavy atom. The van der Waals surface area contributed by atoms with Crippen molar-refractivity contribution in [3.05, 3.63) is 29.5 Å². The second-order valence-corrected chi connectivity index (χ2v) is 7.66. The van der Waals surface area contributed by atoms with E-state index >= 15 is 0 Å². The Balaban J connectivity index is 2.03. The molecule has 1 unspecified atom stereocenters. The van der Waals surface area contributed by atoms with Gasteiger partial charge in [-0.3, -0.25) is 0 Å². The molecule has 1 aromatic heterocycles. The largest absolute Gasteiger partial charge is 0.416 e. The average Bonchev–Trinajstić information content (AvgIpc) is 2.67. The zero-order valence-electron chi connectivity index (χ0n) is 17.4. The number of anilines is 3. The van der Waals surface area contributed by atoms with Crippen LogP contribution in [0.2, 0.25) is 0 Å². The van der Waals surface area contributed by atoms with Crippen LogP contribution in [0.5, 0.6) is 0 Å². The number of aromatic nitrogens is 2. The number of halogens is 3. The zero-order chi connectivity index (χ0) is 21.9. The van der Waals surface area contributed by atoms with Gasteiger partial charge in [0.15, 0.2) is 5.82 Å². The standard InChI is InChI=1S/C21H29F3N6/c1-3-6-14-11-18(30-8-5-7-15(12-30)27-4-2)29-20(28-14)19-16(25)9-13(10-17(19)26)21(22,23)24/h9-11,15,27H,3-8,12,25-26H2,1-2H3. The number of aryl methyl sites for hydroxylation is 1. The first-order valence-corrected chi connectivity index (χ1v) is 10.4. The molecule has 2 aromatic rings. The summed E-state index contributed by atoms with van der Waals surface area (Å²) in [6.45, 7) is 6.70. The molecular formula is C21H29F3N6. The van der Waals surface area contributed by atoms with Gasteiger partial charge in [-0.1, -0.05) is 20.3 Å². The van der Waals surface area contributed by atoms with E-state index in [2.05, 4.69) is 27.1 Å². The number of rotatable bonds is 6. The number of piperidine rings is 1. The number of nitrogens with zero attached hydrogens (tertiary/aromatic N) is 3. The Morgan fingerprint density at radius 3 is 2.43 bits per heavy atom. The first-order valence-electron chi connectivity index (χ1n) is 10.4. The molecule has 0 saturated carbocycles. The number of nitrogen functional groups attached to an aromatic ring is 2. The van der Waals surface area contributed by atoms with E-state index in [0.717, 1.165) is 69.0 Å². The highest BCUT2D eigenvalue weighted by Gasteiger charge is 2.32. The van der Waals surface area contributed by atoms with Crippen molar-refractivity contribution in [3.8, 4) is 11.4 Å². The normalized spacial score (nSPS) is 17.4. The van der Waals surface area contributed by atoms with Crippen LogP contribution in [0.1, 0.15) is 44.4 Å². The molecule has 1 saturated heterocycles. The highest BCUT2D eigenvalue weighted by atomic mass is 19.4. The summed E-state index contributed by atoms with van der Waals surface area (Å²) >= 11 is 0. The molecule has 1 aliphatic heterocycles. The van der Waals surface area contributed by atoms with Gasteiger partial charge in [0, 0.05) is 42.3 Å². The first kappa shape index (κ1) is 22.1. The average molecular weight is 422 g/mol. The minimum atomic E-state index is -4.52. The van der Waals surface area contributed by atoms with Gasteiger partial charge in [0.05, 0.1) is 11.1 Å². The number of benzene rings is 1. The summed E-state index contributed by atoms with van der Waals surface area (Å²) < 4.78 is 39.3. The quantitative estimate of drug-likeness (QED) is 0.612. The lowest BCUT2D eigenvalue weighted by Gasteiger charge is -2.34. The van der Waals surface area contributed by atoms with Crippen LogP contribution in [-0.2, 0) is 12.6 Å². The van der Waals surface area contributed by atoms with Crippen LogP contribution in [0, 0.1) is 0 Å². The van der Waals surface area contributed by atoms with Gasteiger partial charge in [0.25, 0.3) is 0 Å². The van der Waals surface area contributed by atoms with Gasteiger partial charge in [-0.05, 0) is 37.9 Å². The van der Waals surface area contributed by atoms with Crippen molar-refractivity contribution in [1.29, 1.82) is 0 Å². The van der Waals surface area contributed by atoms with Crippen LogP contribution in [0.25, 0.3) is 11.4 Å². The van der Waals surface area contributed by atoms with Gasteiger partial charge in [0.2, 0.25) is 0 Å². The van der Waals surface area contributed by atoms with Crippen LogP contribution >= 0.6 is 0 Å². The summed E-state index contributed by atoms with van der Waals surface area (Å²) in [5.41, 5.74) is 12.0. The second-order valence-electron chi connectivity index (χ2n) is 7.66. The van der Waals surface area contributed by atoms with Crippen LogP contribution < -0.4 is 21.7 Å². The maximum Gasteiger partial charge on any atom is 0.416 e. The first-order chi connectivity index (χ1) is 14.2. The van der Waals surface area contributed by atoms with E-state index in [1.165, 1.54) is 0 Å². The molecule has 164 valence electrons. The SMILES string of the molecule is CCCc1cc(N2CCCC(NCC)C2)nc(-c2c(N)cc(C(F)(F)F)cc2N)n1. The monoisotopic (exact) mass is 422 g/mol. The summed E-state index contributed by atoms with van der Waals surface area (Å²) in [5, 5.41) is 3.48. The third kappa shape index (κ3) is 4.95. The van der Waals surface area contributed by atoms with E-state index in [0.29, 0.717) is 6.04 Å². The van der Waals surface area contributed by atoms with Gasteiger partial charge in [-0.25, -0.2) is 9.97 Å². The Hall–Kier alpha value is -2.55. The molecule has 1 fully saturated rings. The third-order valence-electron chi connectivity index (χ3n) is 5.26. The predicted molar refractivity (Wildman–Crippen MR) is 114 cm³/mol. The number of alkyl halides is 3.